The van der Waals surface area contributed by atoms with Gasteiger partial charge in [-0.1, -0.05) is 42.5 Å². The van der Waals surface area contributed by atoms with Crippen molar-refractivity contribution in [2.45, 2.75) is 39.3 Å². The minimum Gasteiger partial charge on any atom is -0.310 e. The normalized spacial score (nSPS) is 14.6. The average molecular weight is 251 g/mol. The molecule has 1 saturated carbocycles. The van der Waals surface area contributed by atoms with Crippen LogP contribution in [0.5, 0.6) is 0 Å². The second-order valence-electron chi connectivity index (χ2n) is 5.60. The smallest absolute Gasteiger partial charge is 0.0208 e. The van der Waals surface area contributed by atoms with Gasteiger partial charge >= 0.3 is 0 Å². The maximum absolute atomic E-state index is 3.55. The van der Waals surface area contributed by atoms with E-state index in [1.807, 2.05) is 0 Å². The summed E-state index contributed by atoms with van der Waals surface area (Å²) < 4.78 is 0. The van der Waals surface area contributed by atoms with Gasteiger partial charge in [-0.2, -0.15) is 0 Å². The highest BCUT2D eigenvalue weighted by molar-refractivity contribution is 5.68. The molecule has 0 spiro atoms. The molecule has 0 amide bonds. The van der Waals surface area contributed by atoms with Gasteiger partial charge in [-0.15, -0.1) is 0 Å². The van der Waals surface area contributed by atoms with Gasteiger partial charge in [0.15, 0.2) is 0 Å². The van der Waals surface area contributed by atoms with E-state index in [0.717, 1.165) is 12.6 Å². The minimum atomic E-state index is 0.777. The monoisotopic (exact) mass is 251 g/mol. The summed E-state index contributed by atoms with van der Waals surface area (Å²) in [6.07, 6.45) is 2.70. The quantitative estimate of drug-likeness (QED) is 0.857. The van der Waals surface area contributed by atoms with E-state index >= 15 is 0 Å². The van der Waals surface area contributed by atoms with Gasteiger partial charge in [-0.05, 0) is 54.5 Å². The fourth-order valence-corrected chi connectivity index (χ4v) is 2.42. The van der Waals surface area contributed by atoms with Crippen molar-refractivity contribution in [3.63, 3.8) is 0 Å². The molecule has 0 atom stereocenters. The molecule has 0 radical (unpaired) electrons. The van der Waals surface area contributed by atoms with Gasteiger partial charge in [0.25, 0.3) is 0 Å². The summed E-state index contributed by atoms with van der Waals surface area (Å²) in [5, 5.41) is 3.55. The van der Waals surface area contributed by atoms with Gasteiger partial charge in [0, 0.05) is 12.6 Å². The number of hydrogen-bond donors (Lipinski definition) is 1. The standard InChI is InChI=1S/C18H21N/c1-13-4-3-5-18(14(13)2)16-8-6-15(7-9-16)12-19-17-10-11-17/h3-9,17,19H,10-12H2,1-2H3. The van der Waals surface area contributed by atoms with Crippen molar-refractivity contribution in [2.24, 2.45) is 0 Å². The van der Waals surface area contributed by atoms with Gasteiger partial charge in [-0.25, -0.2) is 0 Å². The van der Waals surface area contributed by atoms with Crippen LogP contribution in [0.3, 0.4) is 0 Å². The Morgan fingerprint density at radius 3 is 2.42 bits per heavy atom. The van der Waals surface area contributed by atoms with E-state index in [-0.39, 0.29) is 0 Å². The van der Waals surface area contributed by atoms with Crippen molar-refractivity contribution < 1.29 is 0 Å². The molecule has 0 unspecified atom stereocenters. The average Bonchev–Trinajstić information content (AvgIpc) is 3.25. The molecule has 0 aromatic heterocycles. The van der Waals surface area contributed by atoms with Gasteiger partial charge in [0.2, 0.25) is 0 Å². The van der Waals surface area contributed by atoms with Crippen molar-refractivity contribution >= 4 is 0 Å². The first kappa shape index (κ1) is 12.4. The zero-order valence-electron chi connectivity index (χ0n) is 11.7. The Balaban J connectivity index is 1.79. The number of aryl methyl sites for hydroxylation is 1. The van der Waals surface area contributed by atoms with Crippen LogP contribution >= 0.6 is 0 Å². The lowest BCUT2D eigenvalue weighted by atomic mass is 9.96. The highest BCUT2D eigenvalue weighted by atomic mass is 14.9. The zero-order valence-corrected chi connectivity index (χ0v) is 11.7. The molecule has 1 N–H and O–H groups in total. The maximum Gasteiger partial charge on any atom is 0.0208 e. The second-order valence-corrected chi connectivity index (χ2v) is 5.60. The lowest BCUT2D eigenvalue weighted by Crippen LogP contribution is -2.15. The predicted molar refractivity (Wildman–Crippen MR) is 81.2 cm³/mol. The number of nitrogens with one attached hydrogen (secondary N) is 1. The van der Waals surface area contributed by atoms with Crippen molar-refractivity contribution in [1.29, 1.82) is 0 Å². The summed E-state index contributed by atoms with van der Waals surface area (Å²) in [5.74, 6) is 0. The third-order valence-corrected chi connectivity index (χ3v) is 4.04. The second kappa shape index (κ2) is 5.18. The Labute approximate surface area is 115 Å². The molecule has 1 aliphatic carbocycles. The lowest BCUT2D eigenvalue weighted by Gasteiger charge is -2.10. The SMILES string of the molecule is Cc1cccc(-c2ccc(CNC3CC3)cc2)c1C. The highest BCUT2D eigenvalue weighted by Gasteiger charge is 2.19. The van der Waals surface area contributed by atoms with E-state index in [1.54, 1.807) is 0 Å². The molecule has 1 aliphatic rings. The van der Waals surface area contributed by atoms with Crippen LogP contribution in [0.2, 0.25) is 0 Å². The van der Waals surface area contributed by atoms with Crippen LogP contribution in [0.25, 0.3) is 11.1 Å². The third kappa shape index (κ3) is 2.87. The summed E-state index contributed by atoms with van der Waals surface area (Å²) in [4.78, 5) is 0. The molecular weight excluding hydrogens is 230 g/mol. The van der Waals surface area contributed by atoms with E-state index in [1.165, 1.54) is 40.7 Å². The predicted octanol–water partition coefficient (Wildman–Crippen LogP) is 4.22. The highest BCUT2D eigenvalue weighted by Crippen LogP contribution is 2.26. The molecule has 98 valence electrons. The molecule has 19 heavy (non-hydrogen) atoms. The Morgan fingerprint density at radius 1 is 1.00 bits per heavy atom. The van der Waals surface area contributed by atoms with Crippen LogP contribution in [-0.2, 0) is 6.54 Å². The van der Waals surface area contributed by atoms with E-state index in [4.69, 9.17) is 0 Å². The molecule has 3 rings (SSSR count). The molecule has 1 nitrogen and oxygen atoms in total. The molecule has 0 saturated heterocycles. The van der Waals surface area contributed by atoms with Crippen molar-refractivity contribution in [3.05, 3.63) is 59.2 Å². The molecule has 1 fully saturated rings. The molecule has 1 heteroatoms. The zero-order chi connectivity index (χ0) is 13.2. The van der Waals surface area contributed by atoms with Crippen molar-refractivity contribution in [3.8, 4) is 11.1 Å². The van der Waals surface area contributed by atoms with Crippen LogP contribution in [0.4, 0.5) is 0 Å². The van der Waals surface area contributed by atoms with Gasteiger partial charge in [-0.3, -0.25) is 0 Å². The molecular formula is C18H21N. The fraction of sp³-hybridized carbons (Fsp3) is 0.333. The van der Waals surface area contributed by atoms with Crippen LogP contribution in [-0.4, -0.2) is 6.04 Å². The lowest BCUT2D eigenvalue weighted by molar-refractivity contribution is 0.688. The van der Waals surface area contributed by atoms with Crippen molar-refractivity contribution in [2.75, 3.05) is 0 Å². The maximum atomic E-state index is 3.55. The fourth-order valence-electron chi connectivity index (χ4n) is 2.42. The molecule has 0 aliphatic heterocycles. The van der Waals surface area contributed by atoms with E-state index in [9.17, 15) is 0 Å². The summed E-state index contributed by atoms with van der Waals surface area (Å²) in [6.45, 7) is 5.37. The molecule has 0 heterocycles. The summed E-state index contributed by atoms with van der Waals surface area (Å²) in [5.41, 5.74) is 6.78. The first-order chi connectivity index (χ1) is 9.24. The van der Waals surface area contributed by atoms with Gasteiger partial charge in [0.05, 0.1) is 0 Å². The Morgan fingerprint density at radius 2 is 1.74 bits per heavy atom. The summed E-state index contributed by atoms with van der Waals surface area (Å²) in [7, 11) is 0. The summed E-state index contributed by atoms with van der Waals surface area (Å²) in [6, 6.07) is 16.3. The van der Waals surface area contributed by atoms with Crippen LogP contribution in [0.15, 0.2) is 42.5 Å². The largest absolute Gasteiger partial charge is 0.310 e. The van der Waals surface area contributed by atoms with E-state index in [2.05, 4.69) is 61.6 Å². The first-order valence-electron chi connectivity index (χ1n) is 7.13. The number of benzene rings is 2. The molecule has 2 aromatic carbocycles. The minimum absolute atomic E-state index is 0.777. The Bertz CT molecular complexity index is 565. The number of hydrogen-bond acceptors (Lipinski definition) is 1. The van der Waals surface area contributed by atoms with E-state index in [0.29, 0.717) is 0 Å². The van der Waals surface area contributed by atoms with E-state index < -0.39 is 0 Å². The van der Waals surface area contributed by atoms with Gasteiger partial charge < -0.3 is 5.32 Å². The first-order valence-corrected chi connectivity index (χ1v) is 7.13. The number of rotatable bonds is 4. The third-order valence-electron chi connectivity index (χ3n) is 4.04. The van der Waals surface area contributed by atoms with Crippen molar-refractivity contribution in [1.82, 2.24) is 5.32 Å². The molecule has 0 bridgehead atoms. The van der Waals surface area contributed by atoms with Gasteiger partial charge in [0.1, 0.15) is 0 Å². The van der Waals surface area contributed by atoms with Crippen LogP contribution in [0, 0.1) is 13.8 Å². The van der Waals surface area contributed by atoms with Crippen LogP contribution in [0.1, 0.15) is 29.5 Å². The Kier molecular flexibility index (Phi) is 3.39. The molecule has 2 aromatic rings. The van der Waals surface area contributed by atoms with Crippen LogP contribution < -0.4 is 5.32 Å². The topological polar surface area (TPSA) is 12.0 Å². The Hall–Kier alpha value is -1.60. The summed E-state index contributed by atoms with van der Waals surface area (Å²) >= 11 is 0.